The van der Waals surface area contributed by atoms with Crippen LogP contribution in [0, 0.1) is 28.9 Å². The summed E-state index contributed by atoms with van der Waals surface area (Å²) in [7, 11) is 0. The van der Waals surface area contributed by atoms with E-state index in [0.717, 1.165) is 16.0 Å². The maximum atomic E-state index is 10.7. The predicted octanol–water partition coefficient (Wildman–Crippen LogP) is 2.85. The zero-order valence-corrected chi connectivity index (χ0v) is 12.3. The molecular formula is C15H14N2O3S. The van der Waals surface area contributed by atoms with Gasteiger partial charge in [-0.2, -0.15) is 0 Å². The minimum Gasteiger partial charge on any atom is -0.488 e. The van der Waals surface area contributed by atoms with Gasteiger partial charge in [-0.3, -0.25) is 10.1 Å². The topological polar surface area (TPSA) is 78.4 Å². The van der Waals surface area contributed by atoms with E-state index in [1.165, 1.54) is 12.1 Å². The first-order valence-electron chi connectivity index (χ1n) is 6.24. The van der Waals surface area contributed by atoms with E-state index >= 15 is 0 Å². The normalized spacial score (nSPS) is 9.81. The number of aryl methyl sites for hydroxylation is 1. The quantitative estimate of drug-likeness (QED) is 0.535. The fourth-order valence-electron chi connectivity index (χ4n) is 1.73. The number of nitrogens with zero attached hydrogens (tertiary/aromatic N) is 1. The Morgan fingerprint density at radius 1 is 1.43 bits per heavy atom. The molecule has 2 aromatic rings. The van der Waals surface area contributed by atoms with Crippen LogP contribution < -0.4 is 10.5 Å². The number of hydrogen-bond acceptors (Lipinski definition) is 5. The van der Waals surface area contributed by atoms with Crippen LogP contribution in [0.5, 0.6) is 5.75 Å². The van der Waals surface area contributed by atoms with Crippen molar-refractivity contribution in [1.82, 2.24) is 0 Å². The number of benzene rings is 1. The highest BCUT2D eigenvalue weighted by Crippen LogP contribution is 2.25. The van der Waals surface area contributed by atoms with Gasteiger partial charge in [0.05, 0.1) is 11.5 Å². The molecule has 0 spiro atoms. The van der Waals surface area contributed by atoms with Crippen LogP contribution in [-0.4, -0.2) is 11.5 Å². The van der Waals surface area contributed by atoms with E-state index in [9.17, 15) is 10.1 Å². The van der Waals surface area contributed by atoms with Crippen molar-refractivity contribution in [3.8, 4) is 17.6 Å². The summed E-state index contributed by atoms with van der Waals surface area (Å²) in [4.78, 5) is 11.3. The van der Waals surface area contributed by atoms with Gasteiger partial charge >= 0.3 is 0 Å². The lowest BCUT2D eigenvalue weighted by atomic mass is 10.2. The molecule has 0 aliphatic heterocycles. The van der Waals surface area contributed by atoms with Gasteiger partial charge in [0, 0.05) is 28.0 Å². The van der Waals surface area contributed by atoms with Crippen LogP contribution >= 0.6 is 11.3 Å². The van der Waals surface area contributed by atoms with E-state index in [1.54, 1.807) is 24.3 Å². The average Bonchev–Trinajstić information content (AvgIpc) is 2.91. The van der Waals surface area contributed by atoms with Crippen LogP contribution in [0.3, 0.4) is 0 Å². The van der Waals surface area contributed by atoms with Gasteiger partial charge in [-0.05, 0) is 24.6 Å². The van der Waals surface area contributed by atoms with Crippen LogP contribution in [0.1, 0.15) is 16.0 Å². The molecule has 0 saturated heterocycles. The number of nitrogens with two attached hydrogens (primary N) is 1. The van der Waals surface area contributed by atoms with Crippen molar-refractivity contribution in [3.63, 3.8) is 0 Å². The molecule has 2 N–H and O–H groups in total. The summed E-state index contributed by atoms with van der Waals surface area (Å²) in [6.07, 6.45) is 0. The fraction of sp³-hybridized carbons (Fsp3) is 0.200. The molecule has 1 aromatic heterocycles. The first kappa shape index (κ1) is 15.0. The van der Waals surface area contributed by atoms with E-state index in [0.29, 0.717) is 18.9 Å². The lowest BCUT2D eigenvalue weighted by molar-refractivity contribution is -0.384. The van der Waals surface area contributed by atoms with Crippen molar-refractivity contribution in [2.75, 3.05) is 6.54 Å². The molecule has 2 rings (SSSR count). The molecule has 0 unspecified atom stereocenters. The number of ether oxygens (including phenoxy) is 1. The van der Waals surface area contributed by atoms with Crippen LogP contribution in [0.25, 0.3) is 0 Å². The molecule has 5 nitrogen and oxygen atoms in total. The Morgan fingerprint density at radius 3 is 2.90 bits per heavy atom. The number of rotatable bonds is 4. The zero-order valence-electron chi connectivity index (χ0n) is 11.5. The van der Waals surface area contributed by atoms with Gasteiger partial charge in [0.15, 0.2) is 0 Å². The van der Waals surface area contributed by atoms with E-state index in [4.69, 9.17) is 10.5 Å². The standard InChI is InChI=1S/C15H14N2O3S/c1-11-7-13(17(18)19)4-5-15(11)20-9-14-8-12(10-21-14)3-2-6-16/h4-5,7-8,10H,6,9,16H2,1H3. The van der Waals surface area contributed by atoms with E-state index < -0.39 is 4.92 Å². The lowest BCUT2D eigenvalue weighted by Crippen LogP contribution is -1.96. The van der Waals surface area contributed by atoms with Crippen molar-refractivity contribution in [2.24, 2.45) is 5.73 Å². The Bertz CT molecular complexity index is 713. The van der Waals surface area contributed by atoms with Crippen molar-refractivity contribution in [2.45, 2.75) is 13.5 Å². The maximum Gasteiger partial charge on any atom is 0.269 e. The Kier molecular flexibility index (Phi) is 4.93. The van der Waals surface area contributed by atoms with Crippen LogP contribution in [0.15, 0.2) is 29.6 Å². The number of non-ortho nitro benzene ring substituents is 1. The summed E-state index contributed by atoms with van der Waals surface area (Å²) < 4.78 is 5.69. The Balaban J connectivity index is 2.03. The minimum absolute atomic E-state index is 0.0651. The van der Waals surface area contributed by atoms with E-state index in [-0.39, 0.29) is 5.69 Å². The van der Waals surface area contributed by atoms with Gasteiger partial charge < -0.3 is 10.5 Å². The summed E-state index contributed by atoms with van der Waals surface area (Å²) in [5.41, 5.74) is 7.05. The second kappa shape index (κ2) is 6.88. The molecule has 1 aromatic carbocycles. The number of nitro groups is 1. The maximum absolute atomic E-state index is 10.7. The highest BCUT2D eigenvalue weighted by molar-refractivity contribution is 7.10. The molecule has 21 heavy (non-hydrogen) atoms. The summed E-state index contributed by atoms with van der Waals surface area (Å²) in [5, 5.41) is 12.6. The molecule has 6 heteroatoms. The molecule has 0 radical (unpaired) electrons. The molecule has 0 atom stereocenters. The van der Waals surface area contributed by atoms with Crippen molar-refractivity contribution in [3.05, 3.63) is 55.8 Å². The second-order valence-electron chi connectivity index (χ2n) is 4.30. The van der Waals surface area contributed by atoms with Gasteiger partial charge in [-0.15, -0.1) is 11.3 Å². The van der Waals surface area contributed by atoms with E-state index in [1.807, 2.05) is 11.4 Å². The molecular weight excluding hydrogens is 288 g/mol. The van der Waals surface area contributed by atoms with Gasteiger partial charge in [-0.1, -0.05) is 11.8 Å². The summed E-state index contributed by atoms with van der Waals surface area (Å²) in [5.74, 6) is 6.40. The average molecular weight is 302 g/mol. The molecule has 0 saturated carbocycles. The molecule has 0 bridgehead atoms. The lowest BCUT2D eigenvalue weighted by Gasteiger charge is -2.07. The summed E-state index contributed by atoms with van der Waals surface area (Å²) >= 11 is 1.56. The summed E-state index contributed by atoms with van der Waals surface area (Å²) in [6.45, 7) is 2.53. The third-order valence-electron chi connectivity index (χ3n) is 2.73. The van der Waals surface area contributed by atoms with Gasteiger partial charge in [0.25, 0.3) is 5.69 Å². The largest absolute Gasteiger partial charge is 0.488 e. The summed E-state index contributed by atoms with van der Waals surface area (Å²) in [6, 6.07) is 6.51. The SMILES string of the molecule is Cc1cc([N+](=O)[O-])ccc1OCc1cc(C#CCN)cs1. The number of nitro benzene ring substituents is 1. The highest BCUT2D eigenvalue weighted by atomic mass is 32.1. The van der Waals surface area contributed by atoms with Gasteiger partial charge in [-0.25, -0.2) is 0 Å². The first-order valence-corrected chi connectivity index (χ1v) is 7.12. The monoisotopic (exact) mass is 302 g/mol. The van der Waals surface area contributed by atoms with E-state index in [2.05, 4.69) is 11.8 Å². The van der Waals surface area contributed by atoms with Crippen LogP contribution in [0.4, 0.5) is 5.69 Å². The van der Waals surface area contributed by atoms with Crippen LogP contribution in [-0.2, 0) is 6.61 Å². The molecule has 0 fully saturated rings. The van der Waals surface area contributed by atoms with Crippen LogP contribution in [0.2, 0.25) is 0 Å². The molecule has 0 aliphatic rings. The Hall–Kier alpha value is -2.36. The smallest absolute Gasteiger partial charge is 0.269 e. The molecule has 108 valence electrons. The molecule has 1 heterocycles. The van der Waals surface area contributed by atoms with Gasteiger partial charge in [0.1, 0.15) is 12.4 Å². The first-order chi connectivity index (χ1) is 10.1. The van der Waals surface area contributed by atoms with Crippen molar-refractivity contribution in [1.29, 1.82) is 0 Å². The highest BCUT2D eigenvalue weighted by Gasteiger charge is 2.09. The van der Waals surface area contributed by atoms with Crippen molar-refractivity contribution >= 4 is 17.0 Å². The fourth-order valence-corrected chi connectivity index (χ4v) is 2.46. The number of hydrogen-bond donors (Lipinski definition) is 1. The predicted molar refractivity (Wildman–Crippen MR) is 82.4 cm³/mol. The Morgan fingerprint density at radius 2 is 2.24 bits per heavy atom. The van der Waals surface area contributed by atoms with Gasteiger partial charge in [0.2, 0.25) is 0 Å². The molecule has 0 aliphatic carbocycles. The minimum atomic E-state index is -0.418. The van der Waals surface area contributed by atoms with Crippen molar-refractivity contribution < 1.29 is 9.66 Å². The molecule has 0 amide bonds. The third kappa shape index (κ3) is 4.05. The number of thiophene rings is 1. The Labute approximate surface area is 126 Å². The third-order valence-corrected chi connectivity index (χ3v) is 3.64. The zero-order chi connectivity index (χ0) is 15.2. The second-order valence-corrected chi connectivity index (χ2v) is 5.30.